The highest BCUT2D eigenvalue weighted by Gasteiger charge is 2.20. The van der Waals surface area contributed by atoms with Gasteiger partial charge >= 0.3 is 0 Å². The van der Waals surface area contributed by atoms with Crippen LogP contribution in [0.15, 0.2) is 65.6 Å². The number of hydrogen-bond donors (Lipinski definition) is 2. The topological polar surface area (TPSA) is 92.7 Å². The molecule has 0 unspecified atom stereocenters. The quantitative estimate of drug-likeness (QED) is 0.301. The van der Waals surface area contributed by atoms with Crippen molar-refractivity contribution < 1.29 is 14.3 Å². The normalized spacial score (nSPS) is 14.8. The van der Waals surface area contributed by atoms with E-state index in [1.54, 1.807) is 46.2 Å². The van der Waals surface area contributed by atoms with Crippen molar-refractivity contribution in [3.8, 4) is 11.1 Å². The van der Waals surface area contributed by atoms with Crippen LogP contribution in [0, 0.1) is 6.92 Å². The number of benzene rings is 2. The fourth-order valence-corrected chi connectivity index (χ4v) is 6.77. The maximum atomic E-state index is 13.2. The highest BCUT2D eigenvalue weighted by molar-refractivity contribution is 7.14. The van der Waals surface area contributed by atoms with Gasteiger partial charge in [-0.05, 0) is 91.8 Å². The Morgan fingerprint density at radius 1 is 0.952 bits per heavy atom. The van der Waals surface area contributed by atoms with Gasteiger partial charge in [0.1, 0.15) is 5.69 Å². The molecule has 9 heteroatoms. The van der Waals surface area contributed by atoms with Crippen LogP contribution >= 0.6 is 11.3 Å². The molecule has 216 valence electrons. The Morgan fingerprint density at radius 2 is 1.71 bits per heavy atom. The summed E-state index contributed by atoms with van der Waals surface area (Å²) in [6, 6.07) is 16.9. The third-order valence-electron chi connectivity index (χ3n) is 8.01. The SMILES string of the molecule is Cc1c(NC(=O)c2cc3c(s2)CCCC3)cccc1-c1cc(Nc2ccc(C(=O)N3CCOCC3)cc2)c(=O)n(C)c1. The molecule has 2 aromatic carbocycles. The van der Waals surface area contributed by atoms with Crippen molar-refractivity contribution in [3.05, 3.63) is 97.6 Å². The lowest BCUT2D eigenvalue weighted by atomic mass is 9.99. The van der Waals surface area contributed by atoms with E-state index in [0.717, 1.165) is 40.1 Å². The molecule has 0 atom stereocenters. The molecule has 3 heterocycles. The molecular weight excluding hydrogens is 548 g/mol. The van der Waals surface area contributed by atoms with Gasteiger partial charge in [-0.15, -0.1) is 11.3 Å². The monoisotopic (exact) mass is 582 g/mol. The van der Waals surface area contributed by atoms with E-state index in [1.165, 1.54) is 23.3 Å². The number of nitrogens with zero attached hydrogens (tertiary/aromatic N) is 2. The molecule has 6 rings (SSSR count). The number of pyridine rings is 1. The fraction of sp³-hybridized carbons (Fsp3) is 0.303. The van der Waals surface area contributed by atoms with Crippen LogP contribution in [0.25, 0.3) is 11.1 Å². The van der Waals surface area contributed by atoms with Gasteiger partial charge in [0.2, 0.25) is 0 Å². The Kier molecular flexibility index (Phi) is 7.95. The summed E-state index contributed by atoms with van der Waals surface area (Å²) in [6.45, 7) is 4.25. The summed E-state index contributed by atoms with van der Waals surface area (Å²) in [6.07, 6.45) is 6.28. The Labute approximate surface area is 248 Å². The zero-order valence-electron chi connectivity index (χ0n) is 23.9. The Bertz CT molecular complexity index is 1680. The van der Waals surface area contributed by atoms with Gasteiger partial charge in [-0.1, -0.05) is 12.1 Å². The second-order valence-electron chi connectivity index (χ2n) is 10.9. The number of ether oxygens (including phenoxy) is 1. The van der Waals surface area contributed by atoms with E-state index >= 15 is 0 Å². The lowest BCUT2D eigenvalue weighted by Crippen LogP contribution is -2.40. The van der Waals surface area contributed by atoms with Gasteiger partial charge in [0, 0.05) is 53.7 Å². The number of aryl methyl sites for hydroxylation is 3. The molecule has 2 aliphatic rings. The van der Waals surface area contributed by atoms with Gasteiger partial charge < -0.3 is 24.8 Å². The fourth-order valence-electron chi connectivity index (χ4n) is 5.62. The molecule has 2 N–H and O–H groups in total. The zero-order chi connectivity index (χ0) is 29.2. The predicted molar refractivity (Wildman–Crippen MR) is 167 cm³/mol. The molecule has 4 aromatic rings. The minimum atomic E-state index is -0.170. The molecular formula is C33H34N4O4S. The van der Waals surface area contributed by atoms with Crippen LogP contribution in [-0.2, 0) is 24.6 Å². The lowest BCUT2D eigenvalue weighted by molar-refractivity contribution is 0.0303. The molecule has 0 saturated carbocycles. The standard InChI is InChI=1S/C33H34N4O4S/c1-21-26(7-5-8-27(21)35-31(38)30-19-23-6-3-4-9-29(23)42-30)24-18-28(33(40)36(2)20-24)34-25-12-10-22(11-13-25)32(39)37-14-16-41-17-15-37/h5,7-8,10-13,18-20,34H,3-4,6,9,14-17H2,1-2H3,(H,35,38). The molecule has 1 aliphatic carbocycles. The zero-order valence-corrected chi connectivity index (χ0v) is 24.7. The van der Waals surface area contributed by atoms with Gasteiger partial charge in [0.05, 0.1) is 18.1 Å². The minimum absolute atomic E-state index is 0.0242. The van der Waals surface area contributed by atoms with Crippen molar-refractivity contribution in [1.29, 1.82) is 0 Å². The summed E-state index contributed by atoms with van der Waals surface area (Å²) in [5.41, 5.74) is 6.29. The van der Waals surface area contributed by atoms with Crippen LogP contribution in [-0.4, -0.2) is 47.6 Å². The molecule has 8 nitrogen and oxygen atoms in total. The lowest BCUT2D eigenvalue weighted by Gasteiger charge is -2.26. The van der Waals surface area contributed by atoms with Gasteiger partial charge in [-0.3, -0.25) is 14.4 Å². The molecule has 2 aromatic heterocycles. The second kappa shape index (κ2) is 12.0. The third kappa shape index (κ3) is 5.75. The summed E-state index contributed by atoms with van der Waals surface area (Å²) >= 11 is 1.60. The van der Waals surface area contributed by atoms with Gasteiger partial charge in [-0.25, -0.2) is 0 Å². The molecule has 2 amide bonds. The van der Waals surface area contributed by atoms with Crippen LogP contribution in [0.1, 0.15) is 48.9 Å². The van der Waals surface area contributed by atoms with Crippen molar-refractivity contribution in [2.24, 2.45) is 7.05 Å². The molecule has 1 aliphatic heterocycles. The van der Waals surface area contributed by atoms with Crippen LogP contribution in [0.3, 0.4) is 0 Å². The summed E-state index contributed by atoms with van der Waals surface area (Å²) in [5.74, 6) is -0.114. The molecule has 1 fully saturated rings. The van der Waals surface area contributed by atoms with E-state index in [0.29, 0.717) is 43.2 Å². The molecule has 0 bridgehead atoms. The molecule has 1 saturated heterocycles. The number of rotatable bonds is 6. The second-order valence-corrected chi connectivity index (χ2v) is 12.0. The first-order valence-corrected chi connectivity index (χ1v) is 15.2. The van der Waals surface area contributed by atoms with E-state index in [9.17, 15) is 14.4 Å². The van der Waals surface area contributed by atoms with Crippen LogP contribution < -0.4 is 16.2 Å². The first-order chi connectivity index (χ1) is 20.4. The maximum Gasteiger partial charge on any atom is 0.274 e. The maximum absolute atomic E-state index is 13.2. The van der Waals surface area contributed by atoms with Gasteiger partial charge in [0.25, 0.3) is 17.4 Å². The number of carbonyl (C=O) groups is 2. The summed E-state index contributed by atoms with van der Waals surface area (Å²) in [4.78, 5) is 42.9. The van der Waals surface area contributed by atoms with Crippen molar-refractivity contribution in [3.63, 3.8) is 0 Å². The van der Waals surface area contributed by atoms with E-state index in [4.69, 9.17) is 4.74 Å². The third-order valence-corrected chi connectivity index (χ3v) is 9.24. The van der Waals surface area contributed by atoms with E-state index < -0.39 is 0 Å². The highest BCUT2D eigenvalue weighted by Crippen LogP contribution is 2.33. The number of fused-ring (bicyclic) bond motifs is 1. The van der Waals surface area contributed by atoms with Gasteiger partial charge in [0.15, 0.2) is 0 Å². The van der Waals surface area contributed by atoms with Crippen LogP contribution in [0.4, 0.5) is 17.1 Å². The number of anilines is 3. The van der Waals surface area contributed by atoms with Gasteiger partial charge in [-0.2, -0.15) is 0 Å². The Balaban J connectivity index is 1.22. The van der Waals surface area contributed by atoms with Crippen LogP contribution in [0.2, 0.25) is 0 Å². The number of aromatic nitrogens is 1. The summed E-state index contributed by atoms with van der Waals surface area (Å²) in [7, 11) is 1.72. The molecule has 42 heavy (non-hydrogen) atoms. The van der Waals surface area contributed by atoms with Crippen molar-refractivity contribution in [1.82, 2.24) is 9.47 Å². The summed E-state index contributed by atoms with van der Waals surface area (Å²) < 4.78 is 6.89. The molecule has 0 spiro atoms. The minimum Gasteiger partial charge on any atom is -0.378 e. The first kappa shape index (κ1) is 27.9. The van der Waals surface area contributed by atoms with E-state index in [-0.39, 0.29) is 17.4 Å². The number of thiophene rings is 1. The number of amides is 2. The average molecular weight is 583 g/mol. The van der Waals surface area contributed by atoms with E-state index in [2.05, 4.69) is 10.6 Å². The first-order valence-electron chi connectivity index (χ1n) is 14.3. The summed E-state index contributed by atoms with van der Waals surface area (Å²) in [5, 5.41) is 6.35. The smallest absolute Gasteiger partial charge is 0.274 e. The Morgan fingerprint density at radius 3 is 2.48 bits per heavy atom. The van der Waals surface area contributed by atoms with Crippen molar-refractivity contribution in [2.45, 2.75) is 32.6 Å². The van der Waals surface area contributed by atoms with Crippen molar-refractivity contribution >= 4 is 40.2 Å². The number of morpholine rings is 1. The number of carbonyl (C=O) groups excluding carboxylic acids is 2. The highest BCUT2D eigenvalue weighted by atomic mass is 32.1. The van der Waals surface area contributed by atoms with Crippen LogP contribution in [0.5, 0.6) is 0 Å². The predicted octanol–water partition coefficient (Wildman–Crippen LogP) is 5.77. The largest absolute Gasteiger partial charge is 0.378 e. The van der Waals surface area contributed by atoms with Crippen molar-refractivity contribution in [2.75, 3.05) is 36.9 Å². The molecule has 0 radical (unpaired) electrons. The number of hydrogen-bond acceptors (Lipinski definition) is 6. The van der Waals surface area contributed by atoms with E-state index in [1.807, 2.05) is 49.4 Å². The average Bonchev–Trinajstić information content (AvgIpc) is 3.46. The number of nitrogens with one attached hydrogen (secondary N) is 2. The Hall–Kier alpha value is -4.21.